The first-order chi connectivity index (χ1) is 17.2. The van der Waals surface area contributed by atoms with Gasteiger partial charge in [0.15, 0.2) is 5.96 Å². The predicted molar refractivity (Wildman–Crippen MR) is 136 cm³/mol. The zero-order valence-corrected chi connectivity index (χ0v) is 21.2. The lowest BCUT2D eigenvalue weighted by Gasteiger charge is -2.20. The van der Waals surface area contributed by atoms with Gasteiger partial charge in [-0.05, 0) is 41.5 Å². The minimum Gasteiger partial charge on any atom is -0.508 e. The summed E-state index contributed by atoms with van der Waals surface area (Å²) in [5.41, 5.74) is 1.85. The van der Waals surface area contributed by atoms with Crippen molar-refractivity contribution < 1.29 is 29.6 Å². The Morgan fingerprint density at radius 2 is 2.06 bits per heavy atom. The van der Waals surface area contributed by atoms with Crippen LogP contribution in [0.5, 0.6) is 5.75 Å². The number of carbonyl (C=O) groups is 2. The van der Waals surface area contributed by atoms with E-state index < -0.39 is 30.3 Å². The van der Waals surface area contributed by atoms with Crippen LogP contribution in [0.25, 0.3) is 0 Å². The minimum absolute atomic E-state index is 0.0302. The molecule has 4 atom stereocenters. The zero-order chi connectivity index (χ0) is 25.8. The number of guanidine groups is 1. The number of rotatable bonds is 9. The van der Waals surface area contributed by atoms with E-state index in [0.717, 1.165) is 0 Å². The summed E-state index contributed by atoms with van der Waals surface area (Å²) in [6.45, 7) is 0.550. The van der Waals surface area contributed by atoms with Crippen molar-refractivity contribution in [3.8, 4) is 5.75 Å². The van der Waals surface area contributed by atoms with Crippen LogP contribution in [0.15, 0.2) is 45.9 Å². The fraction of sp³-hybridized carbons (Fsp3) is 0.348. The summed E-state index contributed by atoms with van der Waals surface area (Å²) in [7, 11) is 0. The lowest BCUT2D eigenvalue weighted by Crippen LogP contribution is -2.42. The Hall–Kier alpha value is -2.90. The Kier molecular flexibility index (Phi) is 8.32. The molecule has 2 aromatic rings. The molecule has 1 saturated heterocycles. The monoisotopic (exact) mass is 581 g/mol. The number of hydrogen-bond donors (Lipinski definition) is 7. The number of benzene rings is 2. The van der Waals surface area contributed by atoms with Crippen LogP contribution in [0.1, 0.15) is 29.7 Å². The number of aromatic hydroxyl groups is 1. The van der Waals surface area contributed by atoms with Gasteiger partial charge in [-0.3, -0.25) is 19.9 Å². The van der Waals surface area contributed by atoms with Gasteiger partial charge in [-0.15, -0.1) is 0 Å². The molecule has 13 heteroatoms. The minimum atomic E-state index is -1.06. The summed E-state index contributed by atoms with van der Waals surface area (Å²) in [5, 5.41) is 41.0. The van der Waals surface area contributed by atoms with E-state index in [1.807, 2.05) is 0 Å². The number of nitrogens with one attached hydrogen (secondary N) is 4. The fourth-order valence-corrected chi connectivity index (χ4v) is 4.67. The van der Waals surface area contributed by atoms with Gasteiger partial charge < -0.3 is 36.0 Å². The summed E-state index contributed by atoms with van der Waals surface area (Å²) >= 11 is 9.40. The first-order valence-corrected chi connectivity index (χ1v) is 12.3. The number of aliphatic hydroxyl groups excluding tert-OH is 1. The van der Waals surface area contributed by atoms with Crippen molar-refractivity contribution in [3.05, 3.63) is 57.0 Å². The average Bonchev–Trinajstić information content (AvgIpc) is 3.57. The maximum Gasteiger partial charge on any atom is 0.305 e. The van der Waals surface area contributed by atoms with Crippen molar-refractivity contribution in [2.75, 3.05) is 25.0 Å². The van der Waals surface area contributed by atoms with Crippen molar-refractivity contribution in [3.63, 3.8) is 0 Å². The third-order valence-corrected chi connectivity index (χ3v) is 6.13. The number of phenolic OH excluding ortho intramolecular Hbond substituents is 1. The number of epoxide rings is 1. The van der Waals surface area contributed by atoms with E-state index in [0.29, 0.717) is 38.8 Å². The van der Waals surface area contributed by atoms with Gasteiger partial charge >= 0.3 is 5.97 Å². The zero-order valence-electron chi connectivity index (χ0n) is 18.9. The van der Waals surface area contributed by atoms with Crippen LogP contribution < -0.4 is 21.3 Å². The molecule has 1 fully saturated rings. The number of ether oxygens (including phenoxy) is 1. The highest BCUT2D eigenvalue weighted by molar-refractivity contribution is 9.10. The number of aliphatic imine (C=N–C) groups is 1. The Balaban J connectivity index is 1.32. The highest BCUT2D eigenvalue weighted by Crippen LogP contribution is 2.39. The first kappa shape index (κ1) is 26.2. The summed E-state index contributed by atoms with van der Waals surface area (Å²) in [5.74, 6) is -0.951. The van der Waals surface area contributed by atoms with E-state index in [1.54, 1.807) is 30.3 Å². The molecule has 0 radical (unpaired) electrons. The van der Waals surface area contributed by atoms with Gasteiger partial charge in [-0.1, -0.05) is 27.5 Å². The highest BCUT2D eigenvalue weighted by atomic mass is 79.9. The van der Waals surface area contributed by atoms with Crippen LogP contribution in [0, 0.1) is 0 Å². The van der Waals surface area contributed by atoms with E-state index in [9.17, 15) is 24.9 Å². The van der Waals surface area contributed by atoms with Gasteiger partial charge in [-0.2, -0.15) is 0 Å². The summed E-state index contributed by atoms with van der Waals surface area (Å²) in [6, 6.07) is 9.11. The largest absolute Gasteiger partial charge is 0.508 e. The third-order valence-electron chi connectivity index (χ3n) is 5.45. The quantitative estimate of drug-likeness (QED) is 0.218. The van der Waals surface area contributed by atoms with Crippen LogP contribution in [0.4, 0.5) is 5.69 Å². The molecule has 36 heavy (non-hydrogen) atoms. The second-order valence-electron chi connectivity index (χ2n) is 8.44. The van der Waals surface area contributed by atoms with Crippen LogP contribution in [-0.4, -0.2) is 65.1 Å². The molecule has 0 saturated carbocycles. The summed E-state index contributed by atoms with van der Waals surface area (Å²) in [4.78, 5) is 28.1. The number of β-amino-alcohol motifs (C(OH)–C–C–N with tert-alkyl or cyclic N) is 1. The topological polar surface area (TPSA) is 168 Å². The lowest BCUT2D eigenvalue weighted by atomic mass is 10.0. The standard InChI is InChI=1S/C23H25BrClN5O6/c24-13-1-11(2-14(25)5-13)18(7-20(34)35)30-19(33)10-26-22-21(36-22)12-3-15(6-16(31)4-12)29-23-27-8-17(32)9-28-23/h1-6,17-18,21-22,26,31-32H,7-10H2,(H,30,33)(H,34,35)(H2,27,28,29)/t18-,21?,22?/m0/s1. The normalized spacial score (nSPS) is 21.6. The third kappa shape index (κ3) is 7.31. The molecule has 2 aliphatic rings. The van der Waals surface area contributed by atoms with Crippen molar-refractivity contribution in [1.29, 1.82) is 0 Å². The number of carboxylic acids is 1. The van der Waals surface area contributed by atoms with E-state index >= 15 is 0 Å². The van der Waals surface area contributed by atoms with Crippen molar-refractivity contribution in [2.24, 2.45) is 4.99 Å². The number of amides is 1. The molecule has 0 aromatic heterocycles. The number of carboxylic acid groups (broad SMARTS) is 1. The van der Waals surface area contributed by atoms with E-state index in [2.05, 4.69) is 42.2 Å². The number of aliphatic hydroxyl groups is 1. The number of aliphatic carboxylic acids is 1. The molecular formula is C23H25BrClN5O6. The molecule has 4 rings (SSSR count). The van der Waals surface area contributed by atoms with Gasteiger partial charge in [0.1, 0.15) is 18.1 Å². The Labute approximate surface area is 220 Å². The molecule has 0 aliphatic carbocycles. The number of carbonyl (C=O) groups excluding carboxylic acids is 1. The van der Waals surface area contributed by atoms with E-state index in [-0.39, 0.29) is 31.4 Å². The van der Waals surface area contributed by atoms with Gasteiger partial charge in [0.2, 0.25) is 5.91 Å². The Morgan fingerprint density at radius 3 is 2.75 bits per heavy atom. The number of phenols is 1. The number of halogens is 2. The number of anilines is 1. The molecule has 3 unspecified atom stereocenters. The second-order valence-corrected chi connectivity index (χ2v) is 9.79. The Bertz CT molecular complexity index is 1160. The van der Waals surface area contributed by atoms with Crippen molar-refractivity contribution in [1.82, 2.24) is 16.0 Å². The van der Waals surface area contributed by atoms with E-state index in [1.165, 1.54) is 6.07 Å². The summed E-state index contributed by atoms with van der Waals surface area (Å²) in [6.07, 6.45) is -1.68. The second kappa shape index (κ2) is 11.4. The first-order valence-electron chi connectivity index (χ1n) is 11.1. The maximum absolute atomic E-state index is 12.6. The molecule has 1 amide bonds. The molecule has 0 bridgehead atoms. The highest BCUT2D eigenvalue weighted by Gasteiger charge is 2.40. The molecule has 0 spiro atoms. The fourth-order valence-electron chi connectivity index (χ4n) is 3.79. The smallest absolute Gasteiger partial charge is 0.305 e. The van der Waals surface area contributed by atoms with Gasteiger partial charge in [0.25, 0.3) is 0 Å². The van der Waals surface area contributed by atoms with E-state index in [4.69, 9.17) is 16.3 Å². The van der Waals surface area contributed by atoms with Gasteiger partial charge in [0.05, 0.1) is 31.7 Å². The molecule has 7 N–H and O–H groups in total. The molecule has 11 nitrogen and oxygen atoms in total. The Morgan fingerprint density at radius 1 is 1.25 bits per heavy atom. The van der Waals surface area contributed by atoms with Crippen molar-refractivity contribution in [2.45, 2.75) is 30.9 Å². The van der Waals surface area contributed by atoms with Crippen molar-refractivity contribution >= 4 is 51.1 Å². The number of nitrogens with zero attached hydrogens (tertiary/aromatic N) is 1. The van der Waals surface area contributed by atoms with Gasteiger partial charge in [0, 0.05) is 27.8 Å². The molecule has 2 aromatic carbocycles. The molecule has 2 aliphatic heterocycles. The van der Waals surface area contributed by atoms with Crippen LogP contribution >= 0.6 is 27.5 Å². The lowest BCUT2D eigenvalue weighted by molar-refractivity contribution is -0.137. The molecular weight excluding hydrogens is 558 g/mol. The average molecular weight is 583 g/mol. The maximum atomic E-state index is 12.6. The molecule has 192 valence electrons. The summed E-state index contributed by atoms with van der Waals surface area (Å²) < 4.78 is 6.30. The van der Waals surface area contributed by atoms with Crippen LogP contribution in [0.2, 0.25) is 5.02 Å². The van der Waals surface area contributed by atoms with Crippen LogP contribution in [0.3, 0.4) is 0 Å². The molecule has 2 heterocycles. The van der Waals surface area contributed by atoms with Crippen LogP contribution in [-0.2, 0) is 14.3 Å². The predicted octanol–water partition coefficient (Wildman–Crippen LogP) is 1.86. The van der Waals surface area contributed by atoms with Gasteiger partial charge in [-0.25, -0.2) is 0 Å². The number of hydrogen-bond acceptors (Lipinski definition) is 9. The SMILES string of the molecule is O=C(O)C[C@H](NC(=O)CNC1OC1c1cc(O)cc(NC2=NCC(O)CN2)c1)c1cc(Cl)cc(Br)c1.